The Morgan fingerprint density at radius 2 is 1.97 bits per heavy atom. The number of hydrogen-bond acceptors (Lipinski definition) is 4. The van der Waals surface area contributed by atoms with Crippen molar-refractivity contribution in [2.75, 3.05) is 5.32 Å². The van der Waals surface area contributed by atoms with Crippen LogP contribution in [0, 0.1) is 6.92 Å². The van der Waals surface area contributed by atoms with Gasteiger partial charge in [0.1, 0.15) is 18.1 Å². The highest BCUT2D eigenvalue weighted by atomic mass is 35.5. The molecule has 2 aromatic carbocycles. The van der Waals surface area contributed by atoms with E-state index in [0.29, 0.717) is 28.2 Å². The van der Waals surface area contributed by atoms with E-state index in [1.165, 1.54) is 0 Å². The summed E-state index contributed by atoms with van der Waals surface area (Å²) < 4.78 is 13.0. The third-order valence-electron chi connectivity index (χ3n) is 4.58. The number of ether oxygens (including phenoxy) is 1. The molecule has 6 nitrogen and oxygen atoms in total. The van der Waals surface area contributed by atoms with Crippen molar-refractivity contribution < 1.29 is 13.9 Å². The number of aryl methyl sites for hydroxylation is 1. The Morgan fingerprint density at radius 1 is 1.13 bits per heavy atom. The van der Waals surface area contributed by atoms with E-state index in [-0.39, 0.29) is 12.4 Å². The van der Waals surface area contributed by atoms with Gasteiger partial charge in [0.05, 0.1) is 6.54 Å². The monoisotopic (exact) mass is 455 g/mol. The third kappa shape index (κ3) is 5.29. The maximum absolute atomic E-state index is 12.5. The van der Waals surface area contributed by atoms with Gasteiger partial charge in [0, 0.05) is 22.3 Å². The lowest BCUT2D eigenvalue weighted by Crippen LogP contribution is -2.12. The molecular formula is C23H19Cl2N3O3. The number of rotatable bonds is 7. The van der Waals surface area contributed by atoms with E-state index in [2.05, 4.69) is 10.4 Å². The Balaban J connectivity index is 1.35. The number of anilines is 1. The Hall–Kier alpha value is -3.22. The first-order chi connectivity index (χ1) is 15.0. The normalized spacial score (nSPS) is 10.8. The van der Waals surface area contributed by atoms with E-state index in [4.69, 9.17) is 32.4 Å². The molecule has 0 saturated carbocycles. The number of carbonyl (C=O) groups excluding carboxylic acids is 1. The summed E-state index contributed by atoms with van der Waals surface area (Å²) in [6.45, 7) is 2.65. The van der Waals surface area contributed by atoms with Crippen molar-refractivity contribution in [2.24, 2.45) is 0 Å². The van der Waals surface area contributed by atoms with Crippen LogP contribution in [0.1, 0.15) is 27.4 Å². The number of aromatic nitrogens is 2. The highest BCUT2D eigenvalue weighted by Crippen LogP contribution is 2.22. The predicted octanol–water partition coefficient (Wildman–Crippen LogP) is 5.97. The van der Waals surface area contributed by atoms with Crippen LogP contribution >= 0.6 is 23.2 Å². The SMILES string of the molecule is Cc1ccccc1OCc1ccc(C(=O)Nc2ccn(Cc3ccc(Cl)cc3Cl)n2)o1. The number of para-hydroxylation sites is 1. The number of hydrogen-bond donors (Lipinski definition) is 1. The lowest BCUT2D eigenvalue weighted by molar-refractivity contribution is 0.0992. The molecule has 0 fully saturated rings. The van der Waals surface area contributed by atoms with E-state index in [1.807, 2.05) is 37.3 Å². The van der Waals surface area contributed by atoms with Crippen molar-refractivity contribution in [1.29, 1.82) is 0 Å². The van der Waals surface area contributed by atoms with Crippen molar-refractivity contribution >= 4 is 34.9 Å². The zero-order chi connectivity index (χ0) is 21.8. The Bertz CT molecular complexity index is 1220. The van der Waals surface area contributed by atoms with Crippen LogP contribution in [0.5, 0.6) is 5.75 Å². The van der Waals surface area contributed by atoms with Gasteiger partial charge in [0.15, 0.2) is 11.6 Å². The fourth-order valence-corrected chi connectivity index (χ4v) is 3.43. The molecule has 1 amide bonds. The topological polar surface area (TPSA) is 69.3 Å². The van der Waals surface area contributed by atoms with Gasteiger partial charge in [-0.25, -0.2) is 0 Å². The molecule has 0 aliphatic heterocycles. The zero-order valence-electron chi connectivity index (χ0n) is 16.6. The van der Waals surface area contributed by atoms with Crippen molar-refractivity contribution in [2.45, 2.75) is 20.1 Å². The van der Waals surface area contributed by atoms with Crippen LogP contribution in [0.25, 0.3) is 0 Å². The quantitative estimate of drug-likeness (QED) is 0.372. The highest BCUT2D eigenvalue weighted by Gasteiger charge is 2.14. The molecule has 0 unspecified atom stereocenters. The third-order valence-corrected chi connectivity index (χ3v) is 5.17. The smallest absolute Gasteiger partial charge is 0.292 e. The van der Waals surface area contributed by atoms with Crippen molar-refractivity contribution in [3.05, 3.63) is 99.6 Å². The van der Waals surface area contributed by atoms with E-state index >= 15 is 0 Å². The number of carbonyl (C=O) groups is 1. The Kier molecular flexibility index (Phi) is 6.30. The van der Waals surface area contributed by atoms with E-state index in [9.17, 15) is 4.79 Å². The van der Waals surface area contributed by atoms with Crippen LogP contribution in [0.4, 0.5) is 5.82 Å². The zero-order valence-corrected chi connectivity index (χ0v) is 18.2. The van der Waals surface area contributed by atoms with E-state index in [1.54, 1.807) is 41.2 Å². The van der Waals surface area contributed by atoms with Crippen molar-refractivity contribution in [3.63, 3.8) is 0 Å². The molecule has 2 heterocycles. The molecule has 4 rings (SSSR count). The molecule has 4 aromatic rings. The number of nitrogens with one attached hydrogen (secondary N) is 1. The number of benzene rings is 2. The second-order valence-corrected chi connectivity index (χ2v) is 7.75. The van der Waals surface area contributed by atoms with Gasteiger partial charge in [0.2, 0.25) is 0 Å². The van der Waals surface area contributed by atoms with Crippen LogP contribution in [0.2, 0.25) is 10.0 Å². The van der Waals surface area contributed by atoms with Crippen LogP contribution in [-0.4, -0.2) is 15.7 Å². The van der Waals surface area contributed by atoms with Gasteiger partial charge in [-0.15, -0.1) is 0 Å². The van der Waals surface area contributed by atoms with E-state index in [0.717, 1.165) is 16.9 Å². The van der Waals surface area contributed by atoms with Gasteiger partial charge in [0.25, 0.3) is 5.91 Å². The number of furan rings is 1. The standard InChI is InChI=1S/C23H19Cl2N3O3/c1-15-4-2-3-5-20(15)30-14-18-8-9-21(31-18)23(29)26-22-10-11-28(27-22)13-16-6-7-17(24)12-19(16)25/h2-12H,13-14H2,1H3,(H,26,27,29). The number of amides is 1. The van der Waals surface area contributed by atoms with Crippen LogP contribution in [0.3, 0.4) is 0 Å². The summed E-state index contributed by atoms with van der Waals surface area (Å²) in [5.41, 5.74) is 1.90. The van der Waals surface area contributed by atoms with Gasteiger partial charge < -0.3 is 14.5 Å². The maximum Gasteiger partial charge on any atom is 0.292 e. The Labute approximate surface area is 189 Å². The molecule has 0 atom stereocenters. The lowest BCUT2D eigenvalue weighted by Gasteiger charge is -2.06. The first-order valence-electron chi connectivity index (χ1n) is 9.54. The largest absolute Gasteiger partial charge is 0.485 e. The van der Waals surface area contributed by atoms with Crippen molar-refractivity contribution in [1.82, 2.24) is 9.78 Å². The summed E-state index contributed by atoms with van der Waals surface area (Å²) in [5.74, 6) is 1.52. The summed E-state index contributed by atoms with van der Waals surface area (Å²) in [7, 11) is 0. The van der Waals surface area contributed by atoms with Gasteiger partial charge in [-0.2, -0.15) is 5.10 Å². The predicted molar refractivity (Wildman–Crippen MR) is 120 cm³/mol. The highest BCUT2D eigenvalue weighted by molar-refractivity contribution is 6.35. The van der Waals surface area contributed by atoms with Crippen molar-refractivity contribution in [3.8, 4) is 5.75 Å². The minimum Gasteiger partial charge on any atom is -0.485 e. The molecule has 2 aromatic heterocycles. The molecule has 0 saturated heterocycles. The summed E-state index contributed by atoms with van der Waals surface area (Å²) in [4.78, 5) is 12.5. The summed E-state index contributed by atoms with van der Waals surface area (Å²) in [6, 6.07) is 18.0. The minimum atomic E-state index is -0.392. The molecule has 0 aliphatic rings. The first kappa shape index (κ1) is 21.0. The fraction of sp³-hybridized carbons (Fsp3) is 0.130. The Morgan fingerprint density at radius 3 is 2.77 bits per heavy atom. The summed E-state index contributed by atoms with van der Waals surface area (Å²) in [5, 5.41) is 8.21. The molecule has 0 radical (unpaired) electrons. The first-order valence-corrected chi connectivity index (χ1v) is 10.3. The van der Waals surface area contributed by atoms with E-state index < -0.39 is 5.91 Å². The number of nitrogens with zero attached hydrogens (tertiary/aromatic N) is 2. The molecule has 0 spiro atoms. The molecular weight excluding hydrogens is 437 g/mol. The molecule has 1 N–H and O–H groups in total. The van der Waals surface area contributed by atoms with Crippen LogP contribution in [0.15, 0.2) is 71.3 Å². The minimum absolute atomic E-state index is 0.179. The average Bonchev–Trinajstić information content (AvgIpc) is 3.39. The fourth-order valence-electron chi connectivity index (χ4n) is 2.96. The summed E-state index contributed by atoms with van der Waals surface area (Å²) >= 11 is 12.1. The maximum atomic E-state index is 12.5. The molecule has 8 heteroatoms. The van der Waals surface area contributed by atoms with Gasteiger partial charge in [-0.05, 0) is 48.4 Å². The lowest BCUT2D eigenvalue weighted by atomic mass is 10.2. The average molecular weight is 456 g/mol. The molecule has 31 heavy (non-hydrogen) atoms. The van der Waals surface area contributed by atoms with Gasteiger partial charge in [-0.1, -0.05) is 47.5 Å². The van der Waals surface area contributed by atoms with Gasteiger partial charge in [-0.3, -0.25) is 9.48 Å². The van der Waals surface area contributed by atoms with Gasteiger partial charge >= 0.3 is 0 Å². The second kappa shape index (κ2) is 9.29. The van der Waals surface area contributed by atoms with Crippen LogP contribution in [-0.2, 0) is 13.2 Å². The number of halogens is 2. The van der Waals surface area contributed by atoms with Crippen LogP contribution < -0.4 is 10.1 Å². The molecule has 158 valence electrons. The molecule has 0 aliphatic carbocycles. The molecule has 0 bridgehead atoms. The second-order valence-electron chi connectivity index (χ2n) is 6.91. The summed E-state index contributed by atoms with van der Waals surface area (Å²) in [6.07, 6.45) is 1.75.